The molecule has 0 aliphatic carbocycles. The Balaban J connectivity index is 0.000000339. The fraction of sp³-hybridized carbons (Fsp3) is 0.300. The van der Waals surface area contributed by atoms with Crippen molar-refractivity contribution in [1.29, 1.82) is 0 Å². The Bertz CT molecular complexity index is 991. The summed E-state index contributed by atoms with van der Waals surface area (Å²) in [5.41, 5.74) is 2.19. The van der Waals surface area contributed by atoms with E-state index < -0.39 is 12.1 Å². The van der Waals surface area contributed by atoms with Gasteiger partial charge >= 0.3 is 12.1 Å². The molecule has 0 saturated carbocycles. The van der Waals surface area contributed by atoms with Crippen LogP contribution < -0.4 is 10.1 Å². The van der Waals surface area contributed by atoms with Gasteiger partial charge in [0.15, 0.2) is 5.82 Å². The Labute approximate surface area is 175 Å². The molecular weight excluding hydrogens is 415 g/mol. The van der Waals surface area contributed by atoms with Crippen molar-refractivity contribution in [2.45, 2.75) is 25.2 Å². The molecule has 2 aromatic heterocycles. The third kappa shape index (κ3) is 6.51. The smallest absolute Gasteiger partial charge is 0.475 e. The molecule has 0 unspecified atom stereocenters. The number of carbonyl (C=O) groups is 1. The predicted octanol–water partition coefficient (Wildman–Crippen LogP) is 2.57. The Morgan fingerprint density at radius 1 is 1.16 bits per heavy atom. The molecule has 11 heteroatoms. The van der Waals surface area contributed by atoms with E-state index in [0.717, 1.165) is 31.7 Å². The van der Waals surface area contributed by atoms with Crippen LogP contribution in [-0.4, -0.2) is 56.2 Å². The number of hydrogen-bond donors (Lipinski definition) is 2. The summed E-state index contributed by atoms with van der Waals surface area (Å²) < 4.78 is 39.5. The Morgan fingerprint density at radius 3 is 2.48 bits per heavy atom. The van der Waals surface area contributed by atoms with E-state index in [9.17, 15) is 13.2 Å². The fourth-order valence-corrected chi connectivity index (χ4v) is 2.63. The van der Waals surface area contributed by atoms with Gasteiger partial charge in [-0.3, -0.25) is 4.68 Å². The van der Waals surface area contributed by atoms with Gasteiger partial charge in [0.05, 0.1) is 0 Å². The lowest BCUT2D eigenvalue weighted by Crippen LogP contribution is -2.50. The molecule has 2 N–H and O–H groups in total. The number of halogens is 3. The van der Waals surface area contributed by atoms with Gasteiger partial charge in [-0.05, 0) is 18.1 Å². The summed E-state index contributed by atoms with van der Waals surface area (Å²) in [6.07, 6.45) is -0.444. The van der Waals surface area contributed by atoms with Gasteiger partial charge in [-0.25, -0.2) is 9.78 Å². The van der Waals surface area contributed by atoms with Crippen LogP contribution in [0.25, 0.3) is 11.5 Å². The summed E-state index contributed by atoms with van der Waals surface area (Å²) in [6.45, 7) is 2.52. The fourth-order valence-electron chi connectivity index (χ4n) is 2.63. The number of aliphatic carboxylic acids is 1. The highest BCUT2D eigenvalue weighted by atomic mass is 19.4. The maximum Gasteiger partial charge on any atom is 0.490 e. The summed E-state index contributed by atoms with van der Waals surface area (Å²) in [4.78, 5) is 17.8. The number of rotatable bonds is 6. The molecule has 164 valence electrons. The zero-order valence-electron chi connectivity index (χ0n) is 16.3. The van der Waals surface area contributed by atoms with Gasteiger partial charge in [-0.2, -0.15) is 23.3 Å². The number of aryl methyl sites for hydroxylation is 2. The first-order valence-corrected chi connectivity index (χ1v) is 9.39. The Morgan fingerprint density at radius 2 is 1.87 bits per heavy atom. The lowest BCUT2D eigenvalue weighted by atomic mass is 10.1. The molecule has 0 spiro atoms. The molecule has 1 aliphatic heterocycles. The van der Waals surface area contributed by atoms with Crippen LogP contribution in [0.1, 0.15) is 5.56 Å². The van der Waals surface area contributed by atoms with E-state index in [-0.39, 0.29) is 6.10 Å². The van der Waals surface area contributed by atoms with Crippen molar-refractivity contribution in [3.8, 4) is 17.4 Å². The lowest BCUT2D eigenvalue weighted by molar-refractivity contribution is -0.192. The highest BCUT2D eigenvalue weighted by Crippen LogP contribution is 2.19. The van der Waals surface area contributed by atoms with Gasteiger partial charge < -0.3 is 15.2 Å². The summed E-state index contributed by atoms with van der Waals surface area (Å²) >= 11 is 0. The monoisotopic (exact) mass is 435 g/mol. The Kier molecular flexibility index (Phi) is 7.19. The maximum atomic E-state index is 10.6. The van der Waals surface area contributed by atoms with Crippen molar-refractivity contribution in [3.05, 3.63) is 60.4 Å². The van der Waals surface area contributed by atoms with Crippen LogP contribution in [0.15, 0.2) is 54.9 Å². The van der Waals surface area contributed by atoms with Gasteiger partial charge in [0.1, 0.15) is 11.8 Å². The minimum atomic E-state index is -5.08. The number of benzene rings is 1. The molecule has 3 aromatic rings. The van der Waals surface area contributed by atoms with Crippen LogP contribution in [0.4, 0.5) is 13.2 Å². The molecule has 1 fully saturated rings. The average Bonchev–Trinajstić information content (AvgIpc) is 3.19. The second-order valence-electron chi connectivity index (χ2n) is 6.59. The van der Waals surface area contributed by atoms with E-state index in [1.807, 2.05) is 16.8 Å². The summed E-state index contributed by atoms with van der Waals surface area (Å²) in [6, 6.07) is 14.1. The number of ether oxygens (including phenoxy) is 1. The second kappa shape index (κ2) is 10.0. The van der Waals surface area contributed by atoms with E-state index >= 15 is 0 Å². The van der Waals surface area contributed by atoms with Crippen molar-refractivity contribution in [2.75, 3.05) is 13.1 Å². The molecule has 4 rings (SSSR count). The number of nitrogens with one attached hydrogen (secondary N) is 1. The van der Waals surface area contributed by atoms with Crippen molar-refractivity contribution >= 4 is 5.97 Å². The summed E-state index contributed by atoms with van der Waals surface area (Å²) in [7, 11) is 0. The highest BCUT2D eigenvalue weighted by Gasteiger charge is 2.38. The maximum absolute atomic E-state index is 10.6. The first kappa shape index (κ1) is 22.2. The minimum Gasteiger partial charge on any atom is -0.475 e. The average molecular weight is 435 g/mol. The number of hydrogen-bond acceptors (Lipinski definition) is 6. The number of carboxylic acids is 1. The molecule has 8 nitrogen and oxygen atoms in total. The highest BCUT2D eigenvalue weighted by molar-refractivity contribution is 5.73. The quantitative estimate of drug-likeness (QED) is 0.614. The van der Waals surface area contributed by atoms with Crippen molar-refractivity contribution < 1.29 is 27.8 Å². The first-order chi connectivity index (χ1) is 14.8. The molecule has 0 bridgehead atoms. The molecule has 31 heavy (non-hydrogen) atoms. The first-order valence-electron chi connectivity index (χ1n) is 9.39. The van der Waals surface area contributed by atoms with Crippen molar-refractivity contribution in [2.24, 2.45) is 0 Å². The van der Waals surface area contributed by atoms with E-state index in [2.05, 4.69) is 44.6 Å². The topological polar surface area (TPSA) is 102 Å². The van der Waals surface area contributed by atoms with Crippen LogP contribution in [-0.2, 0) is 17.8 Å². The largest absolute Gasteiger partial charge is 0.490 e. The summed E-state index contributed by atoms with van der Waals surface area (Å²) in [5, 5.41) is 14.7. The molecule has 1 aliphatic rings. The Hall–Kier alpha value is -3.47. The molecule has 0 amide bonds. The molecule has 1 aromatic carbocycles. The number of carboxylic acid groups (broad SMARTS) is 1. The van der Waals surface area contributed by atoms with Crippen molar-refractivity contribution in [3.63, 3.8) is 0 Å². The molecule has 1 saturated heterocycles. The van der Waals surface area contributed by atoms with E-state index in [1.54, 1.807) is 18.5 Å². The number of alkyl halides is 3. The van der Waals surface area contributed by atoms with Gasteiger partial charge in [0.25, 0.3) is 0 Å². The molecule has 0 atom stereocenters. The third-order valence-corrected chi connectivity index (χ3v) is 4.30. The van der Waals surface area contributed by atoms with E-state index in [1.165, 1.54) is 5.56 Å². The molecule has 3 heterocycles. The van der Waals surface area contributed by atoms with Crippen LogP contribution in [0.3, 0.4) is 0 Å². The third-order valence-electron chi connectivity index (χ3n) is 4.30. The van der Waals surface area contributed by atoms with Crippen molar-refractivity contribution in [1.82, 2.24) is 25.1 Å². The lowest BCUT2D eigenvalue weighted by Gasteiger charge is -2.27. The zero-order valence-corrected chi connectivity index (χ0v) is 16.3. The number of nitrogens with zero attached hydrogens (tertiary/aromatic N) is 4. The van der Waals surface area contributed by atoms with Gasteiger partial charge in [0, 0.05) is 38.1 Å². The number of aromatic nitrogens is 4. The van der Waals surface area contributed by atoms with Gasteiger partial charge in [-0.15, -0.1) is 0 Å². The zero-order chi connectivity index (χ0) is 22.3. The van der Waals surface area contributed by atoms with Crippen LogP contribution in [0.5, 0.6) is 5.88 Å². The van der Waals surface area contributed by atoms with Crippen LogP contribution in [0, 0.1) is 0 Å². The molecule has 0 radical (unpaired) electrons. The normalized spacial score (nSPS) is 13.6. The van der Waals surface area contributed by atoms with E-state index in [0.29, 0.717) is 11.7 Å². The van der Waals surface area contributed by atoms with Crippen LogP contribution in [0.2, 0.25) is 0 Å². The van der Waals surface area contributed by atoms with Gasteiger partial charge in [0.2, 0.25) is 5.88 Å². The minimum absolute atomic E-state index is 0.204. The SMILES string of the molecule is O=C(O)C(F)(F)F.c1ccc(CCn2nccc2-c2nccc(OC3CNC3)n2)cc1. The van der Waals surface area contributed by atoms with Gasteiger partial charge in [-0.1, -0.05) is 30.3 Å². The van der Waals surface area contributed by atoms with Crippen LogP contribution >= 0.6 is 0 Å². The predicted molar refractivity (Wildman–Crippen MR) is 104 cm³/mol. The van der Waals surface area contributed by atoms with E-state index in [4.69, 9.17) is 14.6 Å². The summed E-state index contributed by atoms with van der Waals surface area (Å²) in [5.74, 6) is -1.50. The molecular formula is C20H20F3N5O3. The second-order valence-corrected chi connectivity index (χ2v) is 6.59. The standard InChI is InChI=1S/C18H19N5O.C2HF3O2/c1-2-4-14(5-3-1)8-11-23-16(6-10-21-23)18-20-9-7-17(22-18)24-15-12-19-13-15;3-2(4,5)1(6)7/h1-7,9-10,15,19H,8,11-13H2;(H,6,7).